The number of hydrogen-bond donors (Lipinski definition) is 3. The van der Waals surface area contributed by atoms with Crippen molar-refractivity contribution in [1.82, 2.24) is 39.8 Å². The first-order chi connectivity index (χ1) is 24.6. The zero-order valence-corrected chi connectivity index (χ0v) is 28.5. The first-order valence-electron chi connectivity index (χ1n) is 16.0. The maximum Gasteiger partial charge on any atom is 0.290 e. The lowest BCUT2D eigenvalue weighted by Gasteiger charge is -2.23. The maximum atomic E-state index is 15.1. The van der Waals surface area contributed by atoms with E-state index >= 15 is 8.78 Å². The average molecular weight is 746 g/mol. The summed E-state index contributed by atoms with van der Waals surface area (Å²) in [6.07, 6.45) is -4.12. The molecular weight excluding hydrogens is 716 g/mol. The molecule has 1 aliphatic rings. The summed E-state index contributed by atoms with van der Waals surface area (Å²) >= 11 is 6.53. The third kappa shape index (κ3) is 6.21. The number of imidazole rings is 1. The lowest BCUT2D eigenvalue weighted by atomic mass is 9.94. The lowest BCUT2D eigenvalue weighted by molar-refractivity contribution is -0.122. The number of aromatic nitrogens is 7. The van der Waals surface area contributed by atoms with Gasteiger partial charge in [-0.25, -0.2) is 27.5 Å². The molecule has 18 heteroatoms. The van der Waals surface area contributed by atoms with Crippen molar-refractivity contribution in [3.63, 3.8) is 0 Å². The number of anilines is 1. The summed E-state index contributed by atoms with van der Waals surface area (Å²) in [5.41, 5.74) is 6.67. The standard InChI is InChI=1S/C34H30ClF6N9O2/c1-14-11-34(40,41)30-25(14)28(31(38)39)47-50(30)12-24(51)44-21(8-15-6-16(36)9-17(37)7-15)27-19(10-22-33(46-27)45-23(43-22)13-52-3)18-4-5-20(35)26-29(18)49(2)48-32(26)42/h4-7,9-10,14,21,31H,8,11-13H2,1-3H3,(H2,42,48)(H,44,51)(H,43,45,46)/t14-,21-/m0/s1. The first-order valence-corrected chi connectivity index (χ1v) is 16.3. The zero-order valence-electron chi connectivity index (χ0n) is 27.7. The minimum Gasteiger partial charge on any atom is -0.382 e. The molecule has 4 aromatic heterocycles. The number of aryl methyl sites for hydroxylation is 1. The number of hydrogen-bond acceptors (Lipinski definition) is 7. The number of rotatable bonds is 10. The first kappa shape index (κ1) is 35.3. The highest BCUT2D eigenvalue weighted by Gasteiger charge is 2.50. The van der Waals surface area contributed by atoms with Crippen LogP contribution in [0.3, 0.4) is 0 Å². The second-order valence-corrected chi connectivity index (χ2v) is 13.2. The Morgan fingerprint density at radius 1 is 1.12 bits per heavy atom. The number of amides is 1. The van der Waals surface area contributed by atoms with Crippen molar-refractivity contribution in [3.8, 4) is 11.1 Å². The molecule has 0 saturated carbocycles. The summed E-state index contributed by atoms with van der Waals surface area (Å²) in [5.74, 6) is -6.55. The molecule has 0 saturated heterocycles. The van der Waals surface area contributed by atoms with Crippen LogP contribution in [0.2, 0.25) is 5.02 Å². The molecule has 0 unspecified atom stereocenters. The Labute approximate surface area is 296 Å². The number of nitrogen functional groups attached to an aromatic ring is 1. The highest BCUT2D eigenvalue weighted by Crippen LogP contribution is 2.51. The maximum absolute atomic E-state index is 15.1. The molecule has 1 amide bonds. The van der Waals surface area contributed by atoms with Gasteiger partial charge in [-0.2, -0.15) is 19.0 Å². The summed E-state index contributed by atoms with van der Waals surface area (Å²) in [6, 6.07) is 6.63. The number of benzene rings is 2. The van der Waals surface area contributed by atoms with E-state index in [1.54, 1.807) is 25.2 Å². The van der Waals surface area contributed by atoms with Crippen molar-refractivity contribution < 1.29 is 35.9 Å². The fraction of sp³-hybridized carbons (Fsp3) is 0.324. The molecule has 4 N–H and O–H groups in total. The van der Waals surface area contributed by atoms with Gasteiger partial charge in [0, 0.05) is 43.3 Å². The number of fused-ring (bicyclic) bond motifs is 3. The number of aromatic amines is 1. The van der Waals surface area contributed by atoms with Crippen molar-refractivity contribution in [2.24, 2.45) is 7.05 Å². The van der Waals surface area contributed by atoms with Gasteiger partial charge < -0.3 is 20.8 Å². The van der Waals surface area contributed by atoms with Gasteiger partial charge in [-0.05, 0) is 42.2 Å². The van der Waals surface area contributed by atoms with E-state index in [-0.39, 0.29) is 41.3 Å². The number of alkyl halides is 4. The topological polar surface area (TPSA) is 142 Å². The monoisotopic (exact) mass is 745 g/mol. The number of nitrogens with one attached hydrogen (secondary N) is 2. The number of carbonyl (C=O) groups is 1. The second kappa shape index (κ2) is 13.1. The Bertz CT molecular complexity index is 2350. The average Bonchev–Trinajstić information content (AvgIpc) is 3.77. The van der Waals surface area contributed by atoms with Gasteiger partial charge in [-0.15, -0.1) is 0 Å². The number of carbonyl (C=O) groups excluding carboxylic acids is 1. The van der Waals surface area contributed by atoms with Crippen LogP contribution in [0.5, 0.6) is 0 Å². The Kier molecular flexibility index (Phi) is 8.89. The van der Waals surface area contributed by atoms with Crippen molar-refractivity contribution in [3.05, 3.63) is 87.1 Å². The van der Waals surface area contributed by atoms with Crippen molar-refractivity contribution in [2.45, 2.75) is 57.2 Å². The van der Waals surface area contributed by atoms with Gasteiger partial charge in [0.1, 0.15) is 42.0 Å². The molecule has 0 radical (unpaired) electrons. The predicted molar refractivity (Wildman–Crippen MR) is 179 cm³/mol. The summed E-state index contributed by atoms with van der Waals surface area (Å²) in [6.45, 7) is 0.629. The van der Waals surface area contributed by atoms with Gasteiger partial charge in [0.25, 0.3) is 12.3 Å². The summed E-state index contributed by atoms with van der Waals surface area (Å²) in [4.78, 5) is 26.3. The van der Waals surface area contributed by atoms with Gasteiger partial charge in [-0.1, -0.05) is 24.6 Å². The van der Waals surface area contributed by atoms with E-state index in [1.807, 2.05) is 0 Å². The Morgan fingerprint density at radius 2 is 1.85 bits per heavy atom. The highest BCUT2D eigenvalue weighted by atomic mass is 35.5. The highest BCUT2D eigenvalue weighted by molar-refractivity contribution is 6.37. The predicted octanol–water partition coefficient (Wildman–Crippen LogP) is 7.01. The third-order valence-corrected chi connectivity index (χ3v) is 9.35. The molecule has 272 valence electrons. The SMILES string of the molecule is COCc1nc2nc([C@H](Cc3cc(F)cc(F)c3)NC(=O)Cn3nc(C(F)F)c4c3C(F)(F)C[C@@H]4C)c(-c3ccc(Cl)c4c(N)nn(C)c34)cc2[nH]1. The molecule has 0 bridgehead atoms. The van der Waals surface area contributed by atoms with E-state index in [4.69, 9.17) is 27.1 Å². The largest absolute Gasteiger partial charge is 0.382 e. The van der Waals surface area contributed by atoms with Crippen LogP contribution in [0.1, 0.15) is 65.8 Å². The Morgan fingerprint density at radius 3 is 2.54 bits per heavy atom. The van der Waals surface area contributed by atoms with Crippen LogP contribution in [-0.4, -0.2) is 47.5 Å². The van der Waals surface area contributed by atoms with E-state index < -0.39 is 66.2 Å². The minimum atomic E-state index is -3.52. The van der Waals surface area contributed by atoms with Gasteiger partial charge in [0.05, 0.1) is 33.2 Å². The Hall–Kier alpha value is -5.16. The fourth-order valence-corrected chi connectivity index (χ4v) is 7.35. The van der Waals surface area contributed by atoms with Crippen molar-refractivity contribution in [1.29, 1.82) is 0 Å². The quantitative estimate of drug-likeness (QED) is 0.128. The molecule has 11 nitrogen and oxygen atoms in total. The number of nitrogens with zero attached hydrogens (tertiary/aromatic N) is 6. The minimum absolute atomic E-state index is 0.102. The number of methoxy groups -OCH3 is 1. The third-order valence-electron chi connectivity index (χ3n) is 9.03. The number of nitrogens with two attached hydrogens (primary N) is 1. The van der Waals surface area contributed by atoms with Gasteiger partial charge in [-0.3, -0.25) is 14.2 Å². The van der Waals surface area contributed by atoms with Gasteiger partial charge in [0.15, 0.2) is 11.5 Å². The van der Waals surface area contributed by atoms with E-state index in [0.717, 1.165) is 12.1 Å². The molecule has 2 atom stereocenters. The normalized spacial score (nSPS) is 15.9. The van der Waals surface area contributed by atoms with Crippen molar-refractivity contribution in [2.75, 3.05) is 12.8 Å². The van der Waals surface area contributed by atoms with Gasteiger partial charge in [0.2, 0.25) is 5.91 Å². The Balaban J connectivity index is 1.39. The van der Waals surface area contributed by atoms with Crippen LogP contribution in [0.15, 0.2) is 36.4 Å². The molecule has 0 fully saturated rings. The molecule has 2 aromatic carbocycles. The van der Waals surface area contributed by atoms with Crippen LogP contribution < -0.4 is 11.1 Å². The van der Waals surface area contributed by atoms with Crippen LogP contribution >= 0.6 is 11.6 Å². The van der Waals surface area contributed by atoms with E-state index in [9.17, 15) is 22.4 Å². The molecule has 6 aromatic rings. The number of halogens is 7. The molecular formula is C34H30ClF6N9O2. The summed E-state index contributed by atoms with van der Waals surface area (Å²) < 4.78 is 94.5. The number of pyridine rings is 1. The molecule has 0 spiro atoms. The van der Waals surface area contributed by atoms with Gasteiger partial charge >= 0.3 is 0 Å². The summed E-state index contributed by atoms with van der Waals surface area (Å²) in [5, 5.41) is 11.5. The lowest BCUT2D eigenvalue weighted by Crippen LogP contribution is -2.35. The van der Waals surface area contributed by atoms with E-state index in [2.05, 4.69) is 25.5 Å². The molecule has 0 aliphatic heterocycles. The molecule has 1 aliphatic carbocycles. The molecule has 7 rings (SSSR count). The van der Waals surface area contributed by atoms with Crippen LogP contribution in [0, 0.1) is 11.6 Å². The van der Waals surface area contributed by atoms with E-state index in [1.165, 1.54) is 18.7 Å². The second-order valence-electron chi connectivity index (χ2n) is 12.8. The van der Waals surface area contributed by atoms with E-state index in [0.29, 0.717) is 49.1 Å². The number of H-pyrrole nitrogens is 1. The number of ether oxygens (including phenoxy) is 1. The fourth-order valence-electron chi connectivity index (χ4n) is 7.10. The summed E-state index contributed by atoms with van der Waals surface area (Å²) in [7, 11) is 3.13. The smallest absolute Gasteiger partial charge is 0.290 e. The zero-order chi connectivity index (χ0) is 37.2. The molecule has 52 heavy (non-hydrogen) atoms. The van der Waals surface area contributed by atoms with Crippen LogP contribution in [0.4, 0.5) is 32.2 Å². The van der Waals surface area contributed by atoms with Crippen LogP contribution in [0.25, 0.3) is 33.2 Å². The van der Waals surface area contributed by atoms with Crippen molar-refractivity contribution >= 4 is 45.4 Å². The molecule has 4 heterocycles. The van der Waals surface area contributed by atoms with Crippen LogP contribution in [-0.2, 0) is 42.1 Å².